The number of carbonyl (C=O) groups is 3. The third-order valence-electron chi connectivity index (χ3n) is 6.25. The molecule has 162 valence electrons. The Morgan fingerprint density at radius 2 is 1.38 bits per heavy atom. The summed E-state index contributed by atoms with van der Waals surface area (Å²) in [4.78, 5) is 43.9. The minimum atomic E-state index is -0.368. The lowest BCUT2D eigenvalue weighted by molar-refractivity contribution is 0.0551. The van der Waals surface area contributed by atoms with Gasteiger partial charge in [0.05, 0.1) is 0 Å². The van der Waals surface area contributed by atoms with Crippen molar-refractivity contribution in [3.8, 4) is 0 Å². The van der Waals surface area contributed by atoms with E-state index in [2.05, 4.69) is 4.90 Å². The highest BCUT2D eigenvalue weighted by Crippen LogP contribution is 2.29. The third-order valence-corrected chi connectivity index (χ3v) is 6.25. The molecule has 1 saturated heterocycles. The zero-order valence-corrected chi connectivity index (χ0v) is 17.5. The van der Waals surface area contributed by atoms with Crippen LogP contribution in [-0.2, 0) is 0 Å². The van der Waals surface area contributed by atoms with Gasteiger partial charge in [-0.15, -0.1) is 0 Å². The van der Waals surface area contributed by atoms with Crippen LogP contribution in [0.3, 0.4) is 0 Å². The SMILES string of the molecule is O=C(c1ccc(F)cc1)N1CCN(CCN2C(=O)c3cccc4cccc(c34)C2=O)CC1. The lowest BCUT2D eigenvalue weighted by atomic mass is 9.94. The number of halogens is 1. The van der Waals surface area contributed by atoms with Crippen LogP contribution in [0.5, 0.6) is 0 Å². The van der Waals surface area contributed by atoms with E-state index in [4.69, 9.17) is 0 Å². The molecule has 0 saturated carbocycles. The fourth-order valence-corrected chi connectivity index (χ4v) is 4.47. The summed E-state index contributed by atoms with van der Waals surface area (Å²) in [5, 5.41) is 1.62. The Morgan fingerprint density at radius 1 is 0.781 bits per heavy atom. The number of rotatable bonds is 4. The number of amides is 3. The monoisotopic (exact) mass is 431 g/mol. The quantitative estimate of drug-likeness (QED) is 0.596. The molecule has 0 aromatic heterocycles. The van der Waals surface area contributed by atoms with Gasteiger partial charge in [0.2, 0.25) is 0 Å². The first-order valence-corrected chi connectivity index (χ1v) is 10.7. The number of hydrogen-bond acceptors (Lipinski definition) is 4. The van der Waals surface area contributed by atoms with Gasteiger partial charge in [0.15, 0.2) is 0 Å². The number of nitrogens with zero attached hydrogens (tertiary/aromatic N) is 3. The summed E-state index contributed by atoms with van der Waals surface area (Å²) in [6.07, 6.45) is 0. The zero-order valence-electron chi connectivity index (χ0n) is 17.5. The van der Waals surface area contributed by atoms with Gasteiger partial charge in [-0.25, -0.2) is 4.39 Å². The molecule has 5 rings (SSSR count). The van der Waals surface area contributed by atoms with Gasteiger partial charge in [-0.2, -0.15) is 0 Å². The predicted octanol–water partition coefficient (Wildman–Crippen LogP) is 3.03. The van der Waals surface area contributed by atoms with Crippen LogP contribution in [0.2, 0.25) is 0 Å². The maximum atomic E-state index is 13.1. The predicted molar refractivity (Wildman–Crippen MR) is 118 cm³/mol. The molecule has 32 heavy (non-hydrogen) atoms. The van der Waals surface area contributed by atoms with E-state index in [1.54, 1.807) is 17.0 Å². The molecule has 2 aliphatic rings. The van der Waals surface area contributed by atoms with Gasteiger partial charge >= 0.3 is 0 Å². The highest BCUT2D eigenvalue weighted by atomic mass is 19.1. The topological polar surface area (TPSA) is 60.9 Å². The molecule has 2 aliphatic heterocycles. The first kappa shape index (κ1) is 20.3. The minimum Gasteiger partial charge on any atom is -0.336 e. The molecule has 0 spiro atoms. The molecular formula is C25H22FN3O3. The van der Waals surface area contributed by atoms with Gasteiger partial charge in [-0.3, -0.25) is 24.2 Å². The minimum absolute atomic E-state index is 0.115. The summed E-state index contributed by atoms with van der Waals surface area (Å²) in [6, 6.07) is 16.6. The number of hydrogen-bond donors (Lipinski definition) is 0. The van der Waals surface area contributed by atoms with Crippen molar-refractivity contribution < 1.29 is 18.8 Å². The number of piperazine rings is 1. The zero-order chi connectivity index (χ0) is 22.2. The lowest BCUT2D eigenvalue weighted by Crippen LogP contribution is -2.51. The molecule has 0 bridgehead atoms. The molecule has 2 heterocycles. The molecular weight excluding hydrogens is 409 g/mol. The van der Waals surface area contributed by atoms with Crippen molar-refractivity contribution in [1.82, 2.24) is 14.7 Å². The summed E-state index contributed by atoms with van der Waals surface area (Å²) in [6.45, 7) is 3.23. The molecule has 0 radical (unpaired) electrons. The van der Waals surface area contributed by atoms with Crippen molar-refractivity contribution >= 4 is 28.5 Å². The summed E-state index contributed by atoms with van der Waals surface area (Å²) in [5.74, 6) is -1.00. The van der Waals surface area contributed by atoms with E-state index in [1.807, 2.05) is 24.3 Å². The molecule has 3 aromatic carbocycles. The van der Waals surface area contributed by atoms with Crippen molar-refractivity contribution in [2.45, 2.75) is 0 Å². The molecule has 0 aliphatic carbocycles. The van der Waals surface area contributed by atoms with Crippen molar-refractivity contribution in [3.63, 3.8) is 0 Å². The van der Waals surface area contributed by atoms with Gasteiger partial charge < -0.3 is 4.90 Å². The number of imide groups is 1. The fourth-order valence-electron chi connectivity index (χ4n) is 4.47. The van der Waals surface area contributed by atoms with E-state index >= 15 is 0 Å². The molecule has 0 unspecified atom stereocenters. The second-order valence-corrected chi connectivity index (χ2v) is 8.11. The molecule has 3 aromatic rings. The van der Waals surface area contributed by atoms with Crippen LogP contribution in [-0.4, -0.2) is 71.7 Å². The van der Waals surface area contributed by atoms with Crippen molar-refractivity contribution in [3.05, 3.63) is 83.2 Å². The summed E-state index contributed by atoms with van der Waals surface area (Å²) in [7, 11) is 0. The van der Waals surface area contributed by atoms with Gasteiger partial charge in [0.1, 0.15) is 5.82 Å². The van der Waals surface area contributed by atoms with Crippen molar-refractivity contribution in [2.75, 3.05) is 39.3 Å². The third kappa shape index (κ3) is 3.54. The van der Waals surface area contributed by atoms with E-state index in [-0.39, 0.29) is 23.5 Å². The van der Waals surface area contributed by atoms with Gasteiger partial charge in [0, 0.05) is 61.3 Å². The summed E-state index contributed by atoms with van der Waals surface area (Å²) < 4.78 is 13.1. The average Bonchev–Trinajstić information content (AvgIpc) is 2.83. The Labute approximate surface area is 184 Å². The van der Waals surface area contributed by atoms with Crippen LogP contribution >= 0.6 is 0 Å². The highest BCUT2D eigenvalue weighted by molar-refractivity contribution is 6.25. The first-order chi connectivity index (χ1) is 15.5. The van der Waals surface area contributed by atoms with E-state index in [1.165, 1.54) is 29.2 Å². The normalized spacial score (nSPS) is 16.7. The molecule has 6 nitrogen and oxygen atoms in total. The Morgan fingerprint density at radius 3 is 1.97 bits per heavy atom. The maximum absolute atomic E-state index is 13.1. The van der Waals surface area contributed by atoms with E-state index in [0.717, 1.165) is 10.8 Å². The van der Waals surface area contributed by atoms with Crippen LogP contribution in [0, 0.1) is 5.82 Å². The highest BCUT2D eigenvalue weighted by Gasteiger charge is 2.33. The maximum Gasteiger partial charge on any atom is 0.261 e. The van der Waals surface area contributed by atoms with Crippen LogP contribution in [0.4, 0.5) is 4.39 Å². The van der Waals surface area contributed by atoms with Crippen LogP contribution in [0.15, 0.2) is 60.7 Å². The Bertz CT molecular complexity index is 1170. The largest absolute Gasteiger partial charge is 0.336 e. The van der Waals surface area contributed by atoms with Gasteiger partial charge in [-0.1, -0.05) is 24.3 Å². The van der Waals surface area contributed by atoms with E-state index in [9.17, 15) is 18.8 Å². The Hall–Kier alpha value is -3.58. The lowest BCUT2D eigenvalue weighted by Gasteiger charge is -2.36. The van der Waals surface area contributed by atoms with Crippen LogP contribution in [0.1, 0.15) is 31.1 Å². The van der Waals surface area contributed by atoms with Crippen LogP contribution < -0.4 is 0 Å². The molecule has 0 N–H and O–H groups in total. The summed E-state index contributed by atoms with van der Waals surface area (Å²) >= 11 is 0. The standard InChI is InChI=1S/C25H22FN3O3/c26-19-9-7-18(8-10-19)23(30)28-14-11-27(12-15-28)13-16-29-24(31)20-5-1-3-17-4-2-6-21(22(17)20)25(29)32/h1-10H,11-16H2. The average molecular weight is 431 g/mol. The molecule has 1 fully saturated rings. The second kappa shape index (κ2) is 8.16. The van der Waals surface area contributed by atoms with E-state index < -0.39 is 0 Å². The first-order valence-electron chi connectivity index (χ1n) is 10.7. The van der Waals surface area contributed by atoms with Crippen LogP contribution in [0.25, 0.3) is 10.8 Å². The Kier molecular flexibility index (Phi) is 5.19. The fraction of sp³-hybridized carbons (Fsp3) is 0.240. The number of benzene rings is 3. The van der Waals surface area contributed by atoms with Crippen molar-refractivity contribution in [2.24, 2.45) is 0 Å². The number of carbonyl (C=O) groups excluding carboxylic acids is 3. The second-order valence-electron chi connectivity index (χ2n) is 8.11. The van der Waals surface area contributed by atoms with Crippen molar-refractivity contribution in [1.29, 1.82) is 0 Å². The summed E-state index contributed by atoms with van der Waals surface area (Å²) in [5.41, 5.74) is 1.59. The smallest absolute Gasteiger partial charge is 0.261 e. The Balaban J connectivity index is 1.22. The molecule has 0 atom stereocenters. The molecule has 7 heteroatoms. The van der Waals surface area contributed by atoms with E-state index in [0.29, 0.717) is 56.0 Å². The molecule has 3 amide bonds. The van der Waals surface area contributed by atoms with Gasteiger partial charge in [0.25, 0.3) is 17.7 Å². The van der Waals surface area contributed by atoms with Gasteiger partial charge in [-0.05, 0) is 41.8 Å².